The van der Waals surface area contributed by atoms with E-state index in [1.807, 2.05) is 11.9 Å². The maximum absolute atomic E-state index is 11.8. The van der Waals surface area contributed by atoms with E-state index in [0.717, 1.165) is 19.5 Å². The Bertz CT molecular complexity index is 220. The van der Waals surface area contributed by atoms with Crippen LogP contribution in [0.5, 0.6) is 0 Å². The largest absolute Gasteiger partial charge is 0.344 e. The number of rotatable bonds is 4. The van der Waals surface area contributed by atoms with E-state index in [1.165, 1.54) is 32.1 Å². The molecule has 1 amide bonds. The molecule has 0 spiro atoms. The highest BCUT2D eigenvalue weighted by molar-refractivity contribution is 5.76. The number of hydrogen-bond donors (Lipinski definition) is 1. The van der Waals surface area contributed by atoms with Gasteiger partial charge in [0.05, 0.1) is 0 Å². The van der Waals surface area contributed by atoms with Gasteiger partial charge in [-0.05, 0) is 38.1 Å². The average molecular weight is 210 g/mol. The van der Waals surface area contributed by atoms with Gasteiger partial charge >= 0.3 is 0 Å². The lowest BCUT2D eigenvalue weighted by atomic mass is 10.0. The molecule has 2 fully saturated rings. The lowest BCUT2D eigenvalue weighted by Gasteiger charge is -2.28. The van der Waals surface area contributed by atoms with Gasteiger partial charge in [0, 0.05) is 26.1 Å². The quantitative estimate of drug-likeness (QED) is 0.760. The van der Waals surface area contributed by atoms with Crippen LogP contribution in [0.3, 0.4) is 0 Å². The number of hydrogen-bond acceptors (Lipinski definition) is 2. The van der Waals surface area contributed by atoms with Crippen LogP contribution in [0, 0.1) is 5.92 Å². The molecule has 0 bridgehead atoms. The fourth-order valence-electron chi connectivity index (χ4n) is 2.24. The number of carbonyl (C=O) groups is 1. The minimum Gasteiger partial charge on any atom is -0.344 e. The average Bonchev–Trinajstić information content (AvgIpc) is 3.03. The summed E-state index contributed by atoms with van der Waals surface area (Å²) in [6, 6.07) is 0.534. The maximum Gasteiger partial charge on any atom is 0.222 e. The predicted molar refractivity (Wildman–Crippen MR) is 60.6 cm³/mol. The van der Waals surface area contributed by atoms with E-state index in [4.69, 9.17) is 0 Å². The van der Waals surface area contributed by atoms with E-state index in [0.29, 0.717) is 17.9 Å². The lowest BCUT2D eigenvalue weighted by molar-refractivity contribution is -0.130. The van der Waals surface area contributed by atoms with Crippen molar-refractivity contribution >= 4 is 5.91 Å². The second-order valence-corrected chi connectivity index (χ2v) is 5.07. The number of piperidine rings is 1. The fourth-order valence-corrected chi connectivity index (χ4v) is 2.24. The Morgan fingerprint density at radius 2 is 2.13 bits per heavy atom. The first-order valence-corrected chi connectivity index (χ1v) is 6.23. The number of amides is 1. The van der Waals surface area contributed by atoms with Gasteiger partial charge in [-0.25, -0.2) is 0 Å². The molecule has 1 unspecified atom stereocenters. The molecule has 0 aromatic heterocycles. The first-order valence-electron chi connectivity index (χ1n) is 6.23. The van der Waals surface area contributed by atoms with Gasteiger partial charge in [-0.3, -0.25) is 4.79 Å². The van der Waals surface area contributed by atoms with Crippen LogP contribution in [0.15, 0.2) is 0 Å². The summed E-state index contributed by atoms with van der Waals surface area (Å²) in [6.45, 7) is 2.01. The highest BCUT2D eigenvalue weighted by Gasteiger charge is 2.26. The third-order valence-corrected chi connectivity index (χ3v) is 3.49. The SMILES string of the molecule is CN(CC1CCCCN1)C(=O)CC1CC1. The molecule has 86 valence electrons. The standard InChI is InChI=1S/C12H22N2O/c1-14(12(15)8-10-5-6-10)9-11-4-2-3-7-13-11/h10-11,13H,2-9H2,1H3. The van der Waals surface area contributed by atoms with Crippen molar-refractivity contribution in [1.82, 2.24) is 10.2 Å². The highest BCUT2D eigenvalue weighted by atomic mass is 16.2. The number of nitrogens with zero attached hydrogens (tertiary/aromatic N) is 1. The molecule has 2 aliphatic rings. The van der Waals surface area contributed by atoms with Crippen LogP contribution in [0.2, 0.25) is 0 Å². The first kappa shape index (κ1) is 10.9. The second kappa shape index (κ2) is 4.97. The molecule has 1 aliphatic heterocycles. The number of likely N-dealkylation sites (N-methyl/N-ethyl adjacent to an activating group) is 1. The van der Waals surface area contributed by atoms with Crippen LogP contribution in [-0.4, -0.2) is 37.0 Å². The van der Waals surface area contributed by atoms with Crippen LogP contribution in [0.25, 0.3) is 0 Å². The second-order valence-electron chi connectivity index (χ2n) is 5.07. The topological polar surface area (TPSA) is 32.3 Å². The van der Waals surface area contributed by atoms with Crippen molar-refractivity contribution in [3.05, 3.63) is 0 Å². The molecule has 0 aromatic carbocycles. The number of nitrogens with one attached hydrogen (secondary N) is 1. The van der Waals surface area contributed by atoms with E-state index in [2.05, 4.69) is 5.32 Å². The Hall–Kier alpha value is -0.570. The summed E-state index contributed by atoms with van der Waals surface area (Å²) in [5.74, 6) is 1.05. The predicted octanol–water partition coefficient (Wildman–Crippen LogP) is 1.39. The van der Waals surface area contributed by atoms with Crippen molar-refractivity contribution in [2.75, 3.05) is 20.1 Å². The summed E-state index contributed by atoms with van der Waals surface area (Å²) in [7, 11) is 1.95. The van der Waals surface area contributed by atoms with Crippen LogP contribution in [0.1, 0.15) is 38.5 Å². The third kappa shape index (κ3) is 3.49. The zero-order chi connectivity index (χ0) is 10.7. The van der Waals surface area contributed by atoms with Gasteiger partial charge in [0.15, 0.2) is 0 Å². The minimum atomic E-state index is 0.338. The summed E-state index contributed by atoms with van der Waals surface area (Å²) >= 11 is 0. The molecule has 15 heavy (non-hydrogen) atoms. The molecular weight excluding hydrogens is 188 g/mol. The monoisotopic (exact) mass is 210 g/mol. The van der Waals surface area contributed by atoms with Gasteiger partial charge in [-0.2, -0.15) is 0 Å². The Kier molecular flexibility index (Phi) is 3.62. The lowest BCUT2D eigenvalue weighted by Crippen LogP contribution is -2.44. The summed E-state index contributed by atoms with van der Waals surface area (Å²) in [5.41, 5.74) is 0. The zero-order valence-corrected chi connectivity index (χ0v) is 9.67. The van der Waals surface area contributed by atoms with Gasteiger partial charge in [-0.15, -0.1) is 0 Å². The van der Waals surface area contributed by atoms with E-state index < -0.39 is 0 Å². The third-order valence-electron chi connectivity index (χ3n) is 3.49. The van der Waals surface area contributed by atoms with E-state index in [1.54, 1.807) is 0 Å². The normalized spacial score (nSPS) is 26.3. The van der Waals surface area contributed by atoms with Crippen LogP contribution in [0.4, 0.5) is 0 Å². The molecule has 0 radical (unpaired) electrons. The van der Waals surface area contributed by atoms with Crippen LogP contribution >= 0.6 is 0 Å². The zero-order valence-electron chi connectivity index (χ0n) is 9.67. The van der Waals surface area contributed by atoms with E-state index in [9.17, 15) is 4.79 Å². The molecule has 3 heteroatoms. The molecule has 1 saturated carbocycles. The molecule has 1 N–H and O–H groups in total. The first-order chi connectivity index (χ1) is 7.25. The van der Waals surface area contributed by atoms with Crippen molar-refractivity contribution in [3.63, 3.8) is 0 Å². The molecule has 3 nitrogen and oxygen atoms in total. The molecule has 2 rings (SSSR count). The number of carbonyl (C=O) groups excluding carboxylic acids is 1. The molecular formula is C12H22N2O. The summed E-state index contributed by atoms with van der Waals surface area (Å²) in [4.78, 5) is 13.7. The van der Waals surface area contributed by atoms with Gasteiger partial charge in [0.2, 0.25) is 5.91 Å². The molecule has 1 heterocycles. The minimum absolute atomic E-state index is 0.338. The van der Waals surface area contributed by atoms with Crippen LogP contribution < -0.4 is 5.32 Å². The van der Waals surface area contributed by atoms with Crippen molar-refractivity contribution in [3.8, 4) is 0 Å². The van der Waals surface area contributed by atoms with E-state index >= 15 is 0 Å². The molecule has 1 saturated heterocycles. The van der Waals surface area contributed by atoms with E-state index in [-0.39, 0.29) is 0 Å². The van der Waals surface area contributed by atoms with Gasteiger partial charge in [-0.1, -0.05) is 6.42 Å². The van der Waals surface area contributed by atoms with Crippen molar-refractivity contribution < 1.29 is 4.79 Å². The van der Waals surface area contributed by atoms with Crippen molar-refractivity contribution in [1.29, 1.82) is 0 Å². The van der Waals surface area contributed by atoms with Crippen molar-refractivity contribution in [2.45, 2.75) is 44.6 Å². The fraction of sp³-hybridized carbons (Fsp3) is 0.917. The Morgan fingerprint density at radius 3 is 2.73 bits per heavy atom. The Morgan fingerprint density at radius 1 is 1.33 bits per heavy atom. The molecule has 0 aromatic rings. The smallest absolute Gasteiger partial charge is 0.222 e. The van der Waals surface area contributed by atoms with Gasteiger partial charge in [0.1, 0.15) is 0 Å². The summed E-state index contributed by atoms with van der Waals surface area (Å²) in [6.07, 6.45) is 7.13. The maximum atomic E-state index is 11.8. The van der Waals surface area contributed by atoms with Crippen molar-refractivity contribution in [2.24, 2.45) is 5.92 Å². The molecule has 1 aliphatic carbocycles. The van der Waals surface area contributed by atoms with Gasteiger partial charge < -0.3 is 10.2 Å². The Balaban J connectivity index is 1.69. The molecule has 1 atom stereocenters. The summed E-state index contributed by atoms with van der Waals surface area (Å²) < 4.78 is 0. The van der Waals surface area contributed by atoms with Gasteiger partial charge in [0.25, 0.3) is 0 Å². The highest BCUT2D eigenvalue weighted by Crippen LogP contribution is 2.32. The van der Waals surface area contributed by atoms with Crippen LogP contribution in [-0.2, 0) is 4.79 Å². The Labute approximate surface area is 92.2 Å². The summed E-state index contributed by atoms with van der Waals surface area (Å²) in [5, 5.41) is 3.48.